The molecule has 0 aliphatic rings. The van der Waals surface area contributed by atoms with Crippen molar-refractivity contribution in [2.45, 2.75) is 13.1 Å². The highest BCUT2D eigenvalue weighted by Gasteiger charge is 2.37. The second-order valence-corrected chi connectivity index (χ2v) is 3.66. The number of hydrogen-bond acceptors (Lipinski definition) is 1. The Morgan fingerprint density at radius 2 is 1.65 bits per heavy atom. The van der Waals surface area contributed by atoms with E-state index in [0.29, 0.717) is 11.6 Å². The van der Waals surface area contributed by atoms with Gasteiger partial charge in [0, 0.05) is 11.6 Å². The Bertz CT molecular complexity index is 522. The lowest BCUT2D eigenvalue weighted by atomic mass is 10.1. The average Bonchev–Trinajstić information content (AvgIpc) is 2.61. The number of furan rings is 1. The van der Waals surface area contributed by atoms with Gasteiger partial charge in [0.25, 0.3) is 6.01 Å². The van der Waals surface area contributed by atoms with Crippen LogP contribution in [-0.4, -0.2) is 0 Å². The molecule has 0 saturated heterocycles. The third-order valence-corrected chi connectivity index (χ3v) is 2.33. The standard InChI is InChI=1S/C12H8F4O/c1-7-2-4-8(5-3-7)10-6-9(11(13)17-10)12(14,15)16/h2-6H,1H3. The SMILES string of the molecule is Cc1ccc(-c2cc(C(F)(F)F)c(F)o2)cc1. The molecule has 0 saturated carbocycles. The Hall–Kier alpha value is -1.78. The summed E-state index contributed by atoms with van der Waals surface area (Å²) in [5.41, 5.74) is -0.0186. The molecule has 1 nitrogen and oxygen atoms in total. The predicted molar refractivity (Wildman–Crippen MR) is 53.8 cm³/mol. The normalized spacial score (nSPS) is 11.8. The first-order chi connectivity index (χ1) is 7.88. The molecule has 1 heterocycles. The van der Waals surface area contributed by atoms with Crippen molar-refractivity contribution in [2.75, 3.05) is 0 Å². The molecule has 0 aliphatic heterocycles. The molecule has 1 aromatic carbocycles. The highest BCUT2D eigenvalue weighted by Crippen LogP contribution is 2.36. The van der Waals surface area contributed by atoms with Crippen molar-refractivity contribution < 1.29 is 22.0 Å². The maximum absolute atomic E-state index is 13.0. The molecule has 0 fully saturated rings. The number of halogens is 4. The summed E-state index contributed by atoms with van der Waals surface area (Å²) >= 11 is 0. The molecule has 0 unspecified atom stereocenters. The fraction of sp³-hybridized carbons (Fsp3) is 0.167. The smallest absolute Gasteiger partial charge is 0.422 e. The largest absolute Gasteiger partial charge is 0.431 e. The zero-order valence-corrected chi connectivity index (χ0v) is 8.81. The maximum atomic E-state index is 13.0. The zero-order valence-electron chi connectivity index (χ0n) is 8.81. The second kappa shape index (κ2) is 3.91. The van der Waals surface area contributed by atoms with Crippen LogP contribution in [0.3, 0.4) is 0 Å². The van der Waals surface area contributed by atoms with Gasteiger partial charge in [0.2, 0.25) is 0 Å². The minimum absolute atomic E-state index is 0.130. The van der Waals surface area contributed by atoms with E-state index < -0.39 is 17.8 Å². The first kappa shape index (κ1) is 11.7. The van der Waals surface area contributed by atoms with Crippen LogP contribution >= 0.6 is 0 Å². The number of hydrogen-bond donors (Lipinski definition) is 0. The molecular weight excluding hydrogens is 236 g/mol. The van der Waals surface area contributed by atoms with Crippen LogP contribution in [0.25, 0.3) is 11.3 Å². The van der Waals surface area contributed by atoms with Crippen LogP contribution in [0.2, 0.25) is 0 Å². The van der Waals surface area contributed by atoms with E-state index in [2.05, 4.69) is 4.42 Å². The molecule has 1 aromatic heterocycles. The van der Waals surface area contributed by atoms with Crippen molar-refractivity contribution in [1.82, 2.24) is 0 Å². The van der Waals surface area contributed by atoms with E-state index in [1.54, 1.807) is 24.3 Å². The van der Waals surface area contributed by atoms with E-state index in [1.165, 1.54) is 0 Å². The van der Waals surface area contributed by atoms with Crippen LogP contribution in [0.5, 0.6) is 0 Å². The van der Waals surface area contributed by atoms with Gasteiger partial charge in [0.1, 0.15) is 11.3 Å². The summed E-state index contributed by atoms with van der Waals surface area (Å²) in [4.78, 5) is 0. The van der Waals surface area contributed by atoms with Gasteiger partial charge in [-0.15, -0.1) is 0 Å². The Morgan fingerprint density at radius 3 is 2.12 bits per heavy atom. The molecule has 0 bridgehead atoms. The Morgan fingerprint density at radius 1 is 1.06 bits per heavy atom. The summed E-state index contributed by atoms with van der Waals surface area (Å²) in [7, 11) is 0. The third kappa shape index (κ3) is 2.33. The van der Waals surface area contributed by atoms with Gasteiger partial charge in [-0.2, -0.15) is 17.6 Å². The van der Waals surface area contributed by atoms with Gasteiger partial charge in [-0.05, 0) is 6.92 Å². The van der Waals surface area contributed by atoms with Gasteiger partial charge in [-0.25, -0.2) is 0 Å². The summed E-state index contributed by atoms with van der Waals surface area (Å²) in [5, 5.41) is 0. The van der Waals surface area contributed by atoms with Gasteiger partial charge in [0.05, 0.1) is 0 Å². The lowest BCUT2D eigenvalue weighted by Gasteiger charge is -2.00. The van der Waals surface area contributed by atoms with Gasteiger partial charge in [-0.1, -0.05) is 29.8 Å². The Balaban J connectivity index is 2.45. The molecule has 5 heteroatoms. The maximum Gasteiger partial charge on any atom is 0.422 e. The van der Waals surface area contributed by atoms with E-state index >= 15 is 0 Å². The Labute approximate surface area is 94.7 Å². The molecule has 0 aliphatic carbocycles. The predicted octanol–water partition coefficient (Wildman–Crippen LogP) is 4.41. The van der Waals surface area contributed by atoms with Gasteiger partial charge >= 0.3 is 6.18 Å². The van der Waals surface area contributed by atoms with Crippen molar-refractivity contribution in [3.05, 3.63) is 47.5 Å². The van der Waals surface area contributed by atoms with E-state index in [4.69, 9.17) is 0 Å². The average molecular weight is 244 g/mol. The van der Waals surface area contributed by atoms with Crippen LogP contribution in [0.4, 0.5) is 17.6 Å². The second-order valence-electron chi connectivity index (χ2n) is 3.66. The monoisotopic (exact) mass is 244 g/mol. The van der Waals surface area contributed by atoms with Gasteiger partial charge in [0.15, 0.2) is 0 Å². The molecule has 17 heavy (non-hydrogen) atoms. The van der Waals surface area contributed by atoms with Gasteiger partial charge < -0.3 is 4.42 Å². The van der Waals surface area contributed by atoms with Crippen molar-refractivity contribution in [1.29, 1.82) is 0 Å². The van der Waals surface area contributed by atoms with Crippen molar-refractivity contribution in [2.24, 2.45) is 0 Å². The summed E-state index contributed by atoms with van der Waals surface area (Å²) in [6, 6.07) is 5.64. The molecule has 0 N–H and O–H groups in total. The fourth-order valence-corrected chi connectivity index (χ4v) is 1.42. The molecule has 2 rings (SSSR count). The topological polar surface area (TPSA) is 13.1 Å². The van der Waals surface area contributed by atoms with Crippen LogP contribution < -0.4 is 0 Å². The fourth-order valence-electron chi connectivity index (χ4n) is 1.42. The molecule has 90 valence electrons. The van der Waals surface area contributed by atoms with E-state index in [1.807, 2.05) is 6.92 Å². The molecule has 0 radical (unpaired) electrons. The number of aryl methyl sites for hydroxylation is 1. The summed E-state index contributed by atoms with van der Waals surface area (Å²) in [6.07, 6.45) is -4.74. The van der Waals surface area contributed by atoms with Crippen molar-refractivity contribution in [3.63, 3.8) is 0 Å². The quantitative estimate of drug-likeness (QED) is 0.677. The first-order valence-electron chi connectivity index (χ1n) is 4.81. The number of rotatable bonds is 1. The zero-order chi connectivity index (χ0) is 12.6. The Kier molecular flexibility index (Phi) is 2.69. The summed E-state index contributed by atoms with van der Waals surface area (Å²) in [5.74, 6) is -0.130. The molecule has 0 spiro atoms. The molecule has 2 aromatic rings. The van der Waals surface area contributed by atoms with Crippen LogP contribution in [0.15, 0.2) is 34.7 Å². The minimum atomic E-state index is -4.74. The number of benzene rings is 1. The first-order valence-corrected chi connectivity index (χ1v) is 4.81. The third-order valence-electron chi connectivity index (χ3n) is 2.33. The highest BCUT2D eigenvalue weighted by atomic mass is 19.4. The van der Waals surface area contributed by atoms with E-state index in [0.717, 1.165) is 5.56 Å². The van der Waals surface area contributed by atoms with Crippen LogP contribution in [0.1, 0.15) is 11.1 Å². The van der Waals surface area contributed by atoms with Crippen molar-refractivity contribution in [3.8, 4) is 11.3 Å². The van der Waals surface area contributed by atoms with E-state index in [9.17, 15) is 17.6 Å². The summed E-state index contributed by atoms with van der Waals surface area (Å²) < 4.78 is 54.5. The molecule has 0 amide bonds. The highest BCUT2D eigenvalue weighted by molar-refractivity contribution is 5.58. The summed E-state index contributed by atoms with van der Waals surface area (Å²) in [6.45, 7) is 1.84. The minimum Gasteiger partial charge on any atom is -0.431 e. The lowest BCUT2D eigenvalue weighted by Crippen LogP contribution is -2.04. The van der Waals surface area contributed by atoms with Gasteiger partial charge in [-0.3, -0.25) is 0 Å². The lowest BCUT2D eigenvalue weighted by molar-refractivity contribution is -0.141. The molecule has 0 atom stereocenters. The number of alkyl halides is 3. The van der Waals surface area contributed by atoms with Crippen LogP contribution in [-0.2, 0) is 6.18 Å². The van der Waals surface area contributed by atoms with Crippen LogP contribution in [0, 0.1) is 12.9 Å². The van der Waals surface area contributed by atoms with Crippen molar-refractivity contribution >= 4 is 0 Å². The molecular formula is C12H8F4O. The van der Waals surface area contributed by atoms with E-state index in [-0.39, 0.29) is 5.76 Å².